The molecule has 3 heterocycles. The predicted molar refractivity (Wildman–Crippen MR) is 197 cm³/mol. The van der Waals surface area contributed by atoms with Gasteiger partial charge < -0.3 is 19.9 Å². The van der Waals surface area contributed by atoms with E-state index in [2.05, 4.69) is 35.3 Å². The number of Topliss-reactive ketones (excluding diaryl/α,β-unsaturated/α-hetero) is 1. The van der Waals surface area contributed by atoms with Gasteiger partial charge in [0.05, 0.1) is 17.1 Å². The fourth-order valence-electron chi connectivity index (χ4n) is 8.49. The summed E-state index contributed by atoms with van der Waals surface area (Å²) >= 11 is 0. The molecule has 260 valence electrons. The van der Waals surface area contributed by atoms with E-state index in [1.54, 1.807) is 12.2 Å². The summed E-state index contributed by atoms with van der Waals surface area (Å²) in [5, 5.41) is 13.3. The van der Waals surface area contributed by atoms with E-state index < -0.39 is 22.9 Å². The van der Waals surface area contributed by atoms with Gasteiger partial charge in [0.15, 0.2) is 17.3 Å². The lowest BCUT2D eigenvalue weighted by molar-refractivity contribution is -0.117. The van der Waals surface area contributed by atoms with Gasteiger partial charge in [-0.2, -0.15) is 5.26 Å². The molecular weight excluding hydrogens is 639 g/mol. The van der Waals surface area contributed by atoms with E-state index in [1.807, 2.05) is 54.3 Å². The van der Waals surface area contributed by atoms with Gasteiger partial charge in [0.25, 0.3) is 5.91 Å². The van der Waals surface area contributed by atoms with Crippen molar-refractivity contribution < 1.29 is 18.7 Å². The van der Waals surface area contributed by atoms with Gasteiger partial charge in [-0.1, -0.05) is 48.4 Å². The lowest BCUT2D eigenvalue weighted by Crippen LogP contribution is -2.42. The molecule has 0 spiro atoms. The van der Waals surface area contributed by atoms with E-state index in [9.17, 15) is 14.9 Å². The summed E-state index contributed by atoms with van der Waals surface area (Å²) in [7, 11) is 2.10. The molecule has 4 aliphatic rings. The molecule has 0 radical (unpaired) electrons. The van der Waals surface area contributed by atoms with Gasteiger partial charge in [-0.3, -0.25) is 9.59 Å². The second-order valence-corrected chi connectivity index (χ2v) is 14.3. The zero-order valence-electron chi connectivity index (χ0n) is 29.3. The molecular formula is C43H43FN4O3. The van der Waals surface area contributed by atoms with E-state index in [1.165, 1.54) is 6.07 Å². The largest absolute Gasteiger partial charge is 0.454 e. The van der Waals surface area contributed by atoms with E-state index in [4.69, 9.17) is 11.2 Å². The Kier molecular flexibility index (Phi) is 9.55. The fraction of sp³-hybridized carbons (Fsp3) is 0.372. The van der Waals surface area contributed by atoms with E-state index in [-0.39, 0.29) is 22.7 Å². The Labute approximate surface area is 299 Å². The highest BCUT2D eigenvalue weighted by Gasteiger charge is 2.42. The number of hydrogen-bond acceptors (Lipinski definition) is 6. The number of nitrogens with one attached hydrogen (secondary N) is 1. The molecule has 1 amide bonds. The minimum absolute atomic E-state index is 0.0407. The number of piperidine rings is 1. The maximum Gasteiger partial charge on any atom is 0.254 e. The van der Waals surface area contributed by atoms with Crippen molar-refractivity contribution >= 4 is 23.5 Å². The maximum atomic E-state index is 16.7. The molecule has 7 rings (SSSR count). The number of carbonyl (C=O) groups is 2. The van der Waals surface area contributed by atoms with Gasteiger partial charge in [-0.25, -0.2) is 4.39 Å². The third-order valence-electron chi connectivity index (χ3n) is 11.4. The highest BCUT2D eigenvalue weighted by molar-refractivity contribution is 6.26. The Morgan fingerprint density at radius 3 is 2.65 bits per heavy atom. The average molecular weight is 683 g/mol. The van der Waals surface area contributed by atoms with Crippen LogP contribution in [-0.2, 0) is 10.2 Å². The standard InChI is InChI=1S/C43H43FN4O3/c1-4-5-11-29-25-37-34(24-28(29)2)32-15-9-16-33(42(50)46-20-17-31-14-10-21-47(31)3)40(49)35-26-36(44)39(41(51-37)38(32)35)48-22-18-43(27-45,19-23-48)30-12-7-6-8-13-30/h1,5-8,11-13,16,24-26,31-32H,9-10,14-15,17-23H2,2-3H3,(H,46,50)/b11-5-,33-16+. The normalized spacial score (nSPS) is 22.0. The number of carbonyl (C=O) groups excluding carboxylic acids is 2. The van der Waals surface area contributed by atoms with Crippen molar-refractivity contribution in [1.29, 1.82) is 5.26 Å². The molecule has 2 fully saturated rings. The summed E-state index contributed by atoms with van der Waals surface area (Å²) in [6, 6.07) is 18.0. The number of nitriles is 1. The number of ether oxygens (including phenoxy) is 1. The van der Waals surface area contributed by atoms with Crippen LogP contribution in [0.3, 0.4) is 0 Å². The molecule has 2 atom stereocenters. The Morgan fingerprint density at radius 1 is 1.16 bits per heavy atom. The molecule has 8 heteroatoms. The van der Waals surface area contributed by atoms with Crippen LogP contribution in [-0.4, -0.2) is 55.9 Å². The molecule has 0 bridgehead atoms. The van der Waals surface area contributed by atoms with E-state index in [0.29, 0.717) is 68.4 Å². The van der Waals surface area contributed by atoms with Crippen molar-refractivity contribution in [3.63, 3.8) is 0 Å². The van der Waals surface area contributed by atoms with E-state index >= 15 is 4.39 Å². The quantitative estimate of drug-likeness (QED) is 0.204. The SMILES string of the molecule is C#C/C=C\c1cc2c(cc1C)C1CC/C=C(/C(=O)NCCC3CCCN3C)C(=O)c3cc(F)c(N4CCC(C#N)(c5ccccc5)CC4)c(c31)O2. The first kappa shape index (κ1) is 34.3. The zero-order valence-corrected chi connectivity index (χ0v) is 29.3. The Bertz CT molecular complexity index is 2010. The summed E-state index contributed by atoms with van der Waals surface area (Å²) in [4.78, 5) is 32.2. The summed E-state index contributed by atoms with van der Waals surface area (Å²) < 4.78 is 23.4. The minimum atomic E-state index is -0.683. The number of likely N-dealkylation sites (tertiary alicyclic amines) is 1. The van der Waals surface area contributed by atoms with Crippen LogP contribution in [0, 0.1) is 36.4 Å². The molecule has 0 saturated carbocycles. The number of benzene rings is 3. The molecule has 3 aromatic rings. The molecule has 2 saturated heterocycles. The fourth-order valence-corrected chi connectivity index (χ4v) is 8.49. The first-order valence-electron chi connectivity index (χ1n) is 18.0. The third-order valence-corrected chi connectivity index (χ3v) is 11.4. The Balaban J connectivity index is 1.27. The summed E-state index contributed by atoms with van der Waals surface area (Å²) in [6.07, 6.45) is 15.9. The van der Waals surface area contributed by atoms with Crippen molar-refractivity contribution in [2.75, 3.05) is 38.1 Å². The number of ketones is 1. The topological polar surface area (TPSA) is 85.7 Å². The number of halogens is 1. The van der Waals surface area contributed by atoms with Crippen molar-refractivity contribution in [3.05, 3.63) is 105 Å². The Morgan fingerprint density at radius 2 is 1.94 bits per heavy atom. The molecule has 7 nitrogen and oxygen atoms in total. The van der Waals surface area contributed by atoms with Gasteiger partial charge in [-0.15, -0.1) is 6.42 Å². The van der Waals surface area contributed by atoms with Crippen molar-refractivity contribution in [2.45, 2.75) is 69.2 Å². The molecule has 3 aliphatic heterocycles. The second kappa shape index (κ2) is 14.2. The van der Waals surface area contributed by atoms with Crippen LogP contribution in [0.15, 0.2) is 66.3 Å². The number of terminal acetylenes is 1. The van der Waals surface area contributed by atoms with Crippen molar-refractivity contribution in [2.24, 2.45) is 0 Å². The van der Waals surface area contributed by atoms with Crippen LogP contribution in [0.5, 0.6) is 11.5 Å². The van der Waals surface area contributed by atoms with Gasteiger partial charge in [0.1, 0.15) is 11.4 Å². The highest BCUT2D eigenvalue weighted by Crippen LogP contribution is 2.54. The van der Waals surface area contributed by atoms with Crippen LogP contribution in [0.1, 0.15) is 89.0 Å². The maximum absolute atomic E-state index is 16.7. The van der Waals surface area contributed by atoms with Gasteiger partial charge in [0.2, 0.25) is 0 Å². The van der Waals surface area contributed by atoms with Crippen LogP contribution in [0.25, 0.3) is 6.08 Å². The van der Waals surface area contributed by atoms with Crippen LogP contribution in [0.2, 0.25) is 0 Å². The summed E-state index contributed by atoms with van der Waals surface area (Å²) in [5.74, 6) is 1.65. The van der Waals surface area contributed by atoms with Gasteiger partial charge in [-0.05, 0) is 106 Å². The molecule has 1 aliphatic carbocycles. The molecule has 0 aromatic heterocycles. The van der Waals surface area contributed by atoms with Crippen molar-refractivity contribution in [3.8, 4) is 29.9 Å². The molecule has 1 N–H and O–H groups in total. The number of rotatable bonds is 7. The van der Waals surface area contributed by atoms with Gasteiger partial charge in [0, 0.05) is 48.3 Å². The van der Waals surface area contributed by atoms with Crippen LogP contribution < -0.4 is 15.0 Å². The molecule has 3 aromatic carbocycles. The zero-order chi connectivity index (χ0) is 35.7. The highest BCUT2D eigenvalue weighted by atomic mass is 19.1. The number of allylic oxidation sites excluding steroid dienone is 2. The summed E-state index contributed by atoms with van der Waals surface area (Å²) in [6.45, 7) is 4.36. The smallest absolute Gasteiger partial charge is 0.254 e. The summed E-state index contributed by atoms with van der Waals surface area (Å²) in [5.41, 5.74) is 4.17. The Hall–Kier alpha value is -5.18. The minimum Gasteiger partial charge on any atom is -0.454 e. The third kappa shape index (κ3) is 6.34. The monoisotopic (exact) mass is 682 g/mol. The number of amides is 1. The first-order chi connectivity index (χ1) is 24.7. The number of nitrogens with zero attached hydrogens (tertiary/aromatic N) is 3. The van der Waals surface area contributed by atoms with Crippen LogP contribution >= 0.6 is 0 Å². The van der Waals surface area contributed by atoms with Crippen LogP contribution in [0.4, 0.5) is 10.1 Å². The molecule has 51 heavy (non-hydrogen) atoms. The predicted octanol–water partition coefficient (Wildman–Crippen LogP) is 7.58. The molecule has 2 unspecified atom stereocenters. The lowest BCUT2D eigenvalue weighted by Gasteiger charge is -2.41. The number of hydrogen-bond donors (Lipinski definition) is 1. The van der Waals surface area contributed by atoms with Gasteiger partial charge >= 0.3 is 0 Å². The lowest BCUT2D eigenvalue weighted by atomic mass is 9.73. The number of fused-ring (bicyclic) bond motifs is 2. The second-order valence-electron chi connectivity index (χ2n) is 14.3. The number of anilines is 1. The van der Waals surface area contributed by atoms with Crippen molar-refractivity contribution in [1.82, 2.24) is 10.2 Å². The number of aryl methyl sites for hydroxylation is 1. The average Bonchev–Trinajstić information content (AvgIpc) is 3.55. The first-order valence-corrected chi connectivity index (χ1v) is 18.0. The van der Waals surface area contributed by atoms with E-state index in [0.717, 1.165) is 48.1 Å².